The number of nitrogens with zero attached hydrogens (tertiary/aromatic N) is 3. The molecule has 0 spiro atoms. The second kappa shape index (κ2) is 11.5. The molecule has 0 saturated heterocycles. The van der Waals surface area contributed by atoms with E-state index < -0.39 is 33.6 Å². The van der Waals surface area contributed by atoms with E-state index in [9.17, 15) is 23.6 Å². The maximum absolute atomic E-state index is 12.0. The first-order valence-electron chi connectivity index (χ1n) is 8.93. The highest BCUT2D eigenvalue weighted by atomic mass is 35.5. The molecule has 1 aliphatic rings. The summed E-state index contributed by atoms with van der Waals surface area (Å²) in [6, 6.07) is 6.12. The molecule has 1 aliphatic heterocycles. The van der Waals surface area contributed by atoms with Crippen LogP contribution in [0, 0.1) is 17.0 Å². The number of rotatable bonds is 8. The molecule has 1 unspecified atom stereocenters. The predicted molar refractivity (Wildman–Crippen MR) is 111 cm³/mol. The fourth-order valence-corrected chi connectivity index (χ4v) is 3.36. The Labute approximate surface area is 183 Å². The van der Waals surface area contributed by atoms with E-state index in [1.807, 2.05) is 13.0 Å². The van der Waals surface area contributed by atoms with Crippen LogP contribution in [0.5, 0.6) is 0 Å². The fourth-order valence-electron chi connectivity index (χ4n) is 2.20. The van der Waals surface area contributed by atoms with Gasteiger partial charge in [0.15, 0.2) is 0 Å². The third kappa shape index (κ3) is 8.02. The van der Waals surface area contributed by atoms with Crippen molar-refractivity contribution >= 4 is 27.5 Å². The van der Waals surface area contributed by atoms with Gasteiger partial charge in [0.05, 0.1) is 17.6 Å². The van der Waals surface area contributed by atoms with Crippen LogP contribution in [0.25, 0.3) is 0 Å². The quantitative estimate of drug-likeness (QED) is 0.336. The second-order valence-electron chi connectivity index (χ2n) is 6.24. The second-order valence-corrected chi connectivity index (χ2v) is 8.19. The van der Waals surface area contributed by atoms with Crippen LogP contribution in [0.15, 0.2) is 60.0 Å². The molecule has 1 aromatic carbocycles. The van der Waals surface area contributed by atoms with Crippen LogP contribution < -0.4 is 5.48 Å². The Bertz CT molecular complexity index is 1020. The highest BCUT2D eigenvalue weighted by Gasteiger charge is 2.20. The van der Waals surface area contributed by atoms with Crippen molar-refractivity contribution in [2.24, 2.45) is 0 Å². The van der Waals surface area contributed by atoms with Crippen LogP contribution in [-0.4, -0.2) is 40.7 Å². The molecular weight excluding hydrogens is 452 g/mol. The largest absolute Gasteiger partial charge is 0.391 e. The van der Waals surface area contributed by atoms with E-state index in [0.29, 0.717) is 0 Å². The molecule has 0 fully saturated rings. The zero-order valence-corrected chi connectivity index (χ0v) is 18.0. The van der Waals surface area contributed by atoms with Crippen LogP contribution >= 0.6 is 11.6 Å². The molecule has 1 aromatic heterocycles. The van der Waals surface area contributed by atoms with Gasteiger partial charge in [-0.3, -0.25) is 8.75 Å². The van der Waals surface area contributed by atoms with E-state index in [4.69, 9.17) is 15.8 Å². The third-order valence-electron chi connectivity index (χ3n) is 3.82. The van der Waals surface area contributed by atoms with Gasteiger partial charge in [-0.2, -0.15) is 8.42 Å². The molecule has 1 atom stereocenters. The van der Waals surface area contributed by atoms with Crippen molar-refractivity contribution in [3.05, 3.63) is 76.0 Å². The summed E-state index contributed by atoms with van der Waals surface area (Å²) in [7, 11) is -3.96. The number of aryl methyl sites for hydroxylation is 2. The molecule has 2 heterocycles. The summed E-state index contributed by atoms with van der Waals surface area (Å²) in [6.07, 6.45) is 7.05. The van der Waals surface area contributed by atoms with Crippen LogP contribution in [0.1, 0.15) is 12.0 Å². The Balaban J connectivity index is 0.000000488. The maximum atomic E-state index is 12.0. The summed E-state index contributed by atoms with van der Waals surface area (Å²) >= 11 is 5.75. The van der Waals surface area contributed by atoms with Gasteiger partial charge in [-0.05, 0) is 59.1 Å². The number of nitrogens with one attached hydrogen (secondary N) is 1. The van der Waals surface area contributed by atoms with E-state index in [1.165, 1.54) is 16.7 Å². The lowest BCUT2D eigenvalue weighted by molar-refractivity contribution is -0.389. The van der Waals surface area contributed by atoms with Crippen molar-refractivity contribution in [1.29, 1.82) is 0 Å². The van der Waals surface area contributed by atoms with E-state index in [1.54, 1.807) is 30.7 Å². The summed E-state index contributed by atoms with van der Waals surface area (Å²) < 4.78 is 30.1. The number of nitro groups is 1. The first-order valence-corrected chi connectivity index (χ1v) is 10.7. The average molecular weight is 473 g/mol. The number of hydroxylamine groups is 1. The number of aromatic nitrogens is 2. The summed E-state index contributed by atoms with van der Waals surface area (Å²) in [5.74, 6) is -0.405. The minimum atomic E-state index is -3.96. The molecule has 13 heteroatoms. The molecule has 0 saturated carbocycles. The van der Waals surface area contributed by atoms with E-state index in [0.717, 1.165) is 11.8 Å². The summed E-state index contributed by atoms with van der Waals surface area (Å²) in [6.45, 7) is 1.51. The molecule has 2 aromatic rings. The van der Waals surface area contributed by atoms with E-state index >= 15 is 0 Å². The van der Waals surface area contributed by atoms with Crippen LogP contribution in [0.4, 0.5) is 5.82 Å². The van der Waals surface area contributed by atoms with Crippen molar-refractivity contribution in [3.8, 4) is 0 Å². The molecule has 11 nitrogen and oxygen atoms in total. The Morgan fingerprint density at radius 2 is 2.06 bits per heavy atom. The van der Waals surface area contributed by atoms with Gasteiger partial charge in [0.1, 0.15) is 12.5 Å². The summed E-state index contributed by atoms with van der Waals surface area (Å²) in [5.41, 5.74) is 3.43. The Morgan fingerprint density at radius 1 is 1.35 bits per heavy atom. The topological polar surface area (TPSA) is 146 Å². The van der Waals surface area contributed by atoms with Crippen molar-refractivity contribution in [2.75, 3.05) is 6.61 Å². The Hall–Kier alpha value is -2.93. The third-order valence-corrected chi connectivity index (χ3v) is 5.42. The van der Waals surface area contributed by atoms with Gasteiger partial charge in [-0.15, -0.1) is 0 Å². The molecule has 3 rings (SSSR count). The molecule has 0 radical (unpaired) electrons. The minimum Gasteiger partial charge on any atom is -0.391 e. The molecule has 0 aliphatic carbocycles. The minimum absolute atomic E-state index is 0.00132. The van der Waals surface area contributed by atoms with Gasteiger partial charge in [-0.1, -0.05) is 17.7 Å². The maximum Gasteiger partial charge on any atom is 0.383 e. The number of hydrogen-bond acceptors (Lipinski definition) is 9. The summed E-state index contributed by atoms with van der Waals surface area (Å²) in [4.78, 5) is 18.0. The molecule has 0 amide bonds. The van der Waals surface area contributed by atoms with Gasteiger partial charge in [0, 0.05) is 12.7 Å². The molecule has 31 heavy (non-hydrogen) atoms. The number of halogens is 1. The van der Waals surface area contributed by atoms with Crippen molar-refractivity contribution in [1.82, 2.24) is 15.0 Å². The van der Waals surface area contributed by atoms with Gasteiger partial charge in [0.25, 0.3) is 10.1 Å². The highest BCUT2D eigenvalue weighted by Crippen LogP contribution is 2.17. The SMILES string of the molecule is C1=CNOC=C1.Cc1ccc(S(=O)(=O)OCC(O)CCn2cc([N+](=O)[O-])nc2Cl)cc1. The zero-order valence-electron chi connectivity index (χ0n) is 16.4. The van der Waals surface area contributed by atoms with Crippen LogP contribution in [0.3, 0.4) is 0 Å². The zero-order chi connectivity index (χ0) is 22.9. The smallest absolute Gasteiger partial charge is 0.383 e. The Kier molecular flexibility index (Phi) is 9.00. The van der Waals surface area contributed by atoms with Gasteiger partial charge >= 0.3 is 11.1 Å². The molecular formula is C18H21ClN4O7S. The number of imidazole rings is 1. The number of hydrogen-bond donors (Lipinski definition) is 2. The van der Waals surface area contributed by atoms with Crippen LogP contribution in [-0.2, 0) is 25.7 Å². The van der Waals surface area contributed by atoms with Crippen molar-refractivity contribution in [2.45, 2.75) is 30.9 Å². The van der Waals surface area contributed by atoms with Gasteiger partial charge in [0.2, 0.25) is 0 Å². The van der Waals surface area contributed by atoms with E-state index in [-0.39, 0.29) is 23.1 Å². The predicted octanol–water partition coefficient (Wildman–Crippen LogP) is 2.46. The Morgan fingerprint density at radius 3 is 2.55 bits per heavy atom. The molecule has 0 bridgehead atoms. The lowest BCUT2D eigenvalue weighted by Gasteiger charge is -2.11. The summed E-state index contributed by atoms with van der Waals surface area (Å²) in [5, 5.41) is 20.4. The monoisotopic (exact) mass is 472 g/mol. The highest BCUT2D eigenvalue weighted by molar-refractivity contribution is 7.86. The average Bonchev–Trinajstić information content (AvgIpc) is 3.14. The molecule has 168 valence electrons. The number of aliphatic hydroxyl groups excluding tert-OH is 1. The van der Waals surface area contributed by atoms with Crippen molar-refractivity contribution in [3.63, 3.8) is 0 Å². The standard InChI is InChI=1S/C14H16ClN3O6S.C4H5NO/c1-10-2-4-12(5-3-10)25(22,23)24-9-11(19)6-7-17-8-13(18(20)21)16-14(17)15;1-2-4-6-5-3-1/h2-5,8,11,19H,6-7,9H2,1H3;1-5H. The number of aliphatic hydroxyl groups is 1. The van der Waals surface area contributed by atoms with E-state index in [2.05, 4.69) is 15.3 Å². The number of benzene rings is 1. The number of allylic oxidation sites excluding steroid dienone is 2. The lowest BCUT2D eigenvalue weighted by atomic mass is 10.2. The van der Waals surface area contributed by atoms with Crippen LogP contribution in [0.2, 0.25) is 5.28 Å². The first kappa shape index (κ1) is 24.3. The van der Waals surface area contributed by atoms with Crippen molar-refractivity contribution < 1.29 is 27.5 Å². The van der Waals surface area contributed by atoms with Gasteiger partial charge in [-0.25, -0.2) is 5.48 Å². The van der Waals surface area contributed by atoms with Gasteiger partial charge < -0.3 is 20.1 Å². The lowest BCUT2D eigenvalue weighted by Crippen LogP contribution is -2.20. The normalized spacial score (nSPS) is 13.5. The molecule has 2 N–H and O–H groups in total. The first-order chi connectivity index (χ1) is 14.7. The fraction of sp³-hybridized carbons (Fsp3) is 0.278.